The second kappa shape index (κ2) is 1.01. The van der Waals surface area contributed by atoms with Crippen molar-refractivity contribution in [2.45, 2.75) is 24.7 Å². The summed E-state index contributed by atoms with van der Waals surface area (Å²) >= 11 is 0. The van der Waals surface area contributed by atoms with Gasteiger partial charge < -0.3 is 9.47 Å². The Morgan fingerprint density at radius 2 is 2.18 bits per heavy atom. The molecule has 0 N–H and O–H groups in total. The van der Waals surface area contributed by atoms with Gasteiger partial charge in [0.2, 0.25) is 0 Å². The van der Waals surface area contributed by atoms with Crippen LogP contribution in [-0.4, -0.2) is 24.9 Å². The van der Waals surface area contributed by atoms with Crippen molar-refractivity contribution in [1.82, 2.24) is 0 Å². The Balaban J connectivity index is 1.73. The lowest BCUT2D eigenvalue weighted by molar-refractivity contribution is 0.0281. The first-order chi connectivity index (χ1) is 5.45. The molecule has 0 aromatic rings. The summed E-state index contributed by atoms with van der Waals surface area (Å²) in [7, 11) is 0. The molecule has 2 nitrogen and oxygen atoms in total. The van der Waals surface area contributed by atoms with Crippen molar-refractivity contribution < 1.29 is 9.47 Å². The van der Waals surface area contributed by atoms with Crippen molar-refractivity contribution >= 4 is 0 Å². The van der Waals surface area contributed by atoms with Crippen LogP contribution < -0.4 is 0 Å². The zero-order chi connectivity index (χ0) is 6.79. The van der Waals surface area contributed by atoms with E-state index in [4.69, 9.17) is 9.47 Å². The van der Waals surface area contributed by atoms with Gasteiger partial charge in [-0.05, 0) is 18.3 Å². The minimum Gasteiger partial charge on any atom is -0.375 e. The van der Waals surface area contributed by atoms with Crippen molar-refractivity contribution in [2.24, 2.45) is 23.2 Å². The molecule has 2 heterocycles. The molecule has 0 aromatic carbocycles. The van der Waals surface area contributed by atoms with Gasteiger partial charge in [-0.3, -0.25) is 0 Å². The molecule has 2 saturated heterocycles. The molecule has 5 fully saturated rings. The Morgan fingerprint density at radius 3 is 3.18 bits per heavy atom. The topological polar surface area (TPSA) is 18.5 Å². The largest absolute Gasteiger partial charge is 0.375 e. The van der Waals surface area contributed by atoms with Crippen molar-refractivity contribution in [1.29, 1.82) is 0 Å². The zero-order valence-electron chi connectivity index (χ0n) is 6.19. The number of hydrogen-bond donors (Lipinski definition) is 0. The summed E-state index contributed by atoms with van der Waals surface area (Å²) in [5, 5.41) is 0. The first kappa shape index (κ1) is 4.83. The SMILES string of the molecule is C1CC2C3C4OC5C(O1)C5C243. The molecular weight excluding hydrogens is 140 g/mol. The van der Waals surface area contributed by atoms with Gasteiger partial charge in [0.1, 0.15) is 0 Å². The van der Waals surface area contributed by atoms with Crippen molar-refractivity contribution in [3.63, 3.8) is 0 Å². The van der Waals surface area contributed by atoms with E-state index in [0.29, 0.717) is 23.7 Å². The highest BCUT2D eigenvalue weighted by Gasteiger charge is 2.99. The van der Waals surface area contributed by atoms with E-state index in [1.165, 1.54) is 6.42 Å². The predicted octanol–water partition coefficient (Wildman–Crippen LogP) is 0.418. The average molecular weight is 150 g/mol. The number of hydrogen-bond acceptors (Lipinski definition) is 2. The molecule has 58 valence electrons. The summed E-state index contributed by atoms with van der Waals surface area (Å²) in [6, 6.07) is 0. The van der Waals surface area contributed by atoms with Gasteiger partial charge >= 0.3 is 0 Å². The maximum Gasteiger partial charge on any atom is 0.0905 e. The summed E-state index contributed by atoms with van der Waals surface area (Å²) in [6.45, 7) is 1.01. The van der Waals surface area contributed by atoms with E-state index in [-0.39, 0.29) is 0 Å². The highest BCUT2D eigenvalue weighted by Crippen LogP contribution is 2.93. The van der Waals surface area contributed by atoms with Crippen molar-refractivity contribution in [2.75, 3.05) is 6.61 Å². The summed E-state index contributed by atoms with van der Waals surface area (Å²) in [4.78, 5) is 0. The van der Waals surface area contributed by atoms with E-state index in [1.807, 2.05) is 0 Å². The third kappa shape index (κ3) is 0.271. The Bertz CT molecular complexity index is 273. The monoisotopic (exact) mass is 150 g/mol. The molecule has 0 radical (unpaired) electrons. The molecule has 0 aromatic heterocycles. The number of ether oxygens (including phenoxy) is 2. The van der Waals surface area contributed by atoms with E-state index >= 15 is 0 Å². The zero-order valence-corrected chi connectivity index (χ0v) is 6.19. The maximum absolute atomic E-state index is 5.85. The summed E-state index contributed by atoms with van der Waals surface area (Å²) in [6.07, 6.45) is 3.11. The normalized spacial score (nSPS) is 85.1. The van der Waals surface area contributed by atoms with Gasteiger partial charge in [0, 0.05) is 17.9 Å². The van der Waals surface area contributed by atoms with Crippen LogP contribution in [0.3, 0.4) is 0 Å². The Morgan fingerprint density at radius 1 is 1.18 bits per heavy atom. The molecule has 7 atom stereocenters. The van der Waals surface area contributed by atoms with E-state index in [0.717, 1.165) is 24.4 Å². The van der Waals surface area contributed by atoms with Gasteiger partial charge in [-0.25, -0.2) is 0 Å². The van der Waals surface area contributed by atoms with Gasteiger partial charge in [0.15, 0.2) is 0 Å². The second-order valence-electron chi connectivity index (χ2n) is 4.80. The minimum atomic E-state index is 0.531. The highest BCUT2D eigenvalue weighted by molar-refractivity contribution is 5.45. The highest BCUT2D eigenvalue weighted by atomic mass is 16.6. The second-order valence-corrected chi connectivity index (χ2v) is 4.80. The molecule has 0 amide bonds. The number of rotatable bonds is 0. The molecule has 11 heavy (non-hydrogen) atoms. The van der Waals surface area contributed by atoms with Gasteiger partial charge in [-0.2, -0.15) is 0 Å². The van der Waals surface area contributed by atoms with E-state index in [1.54, 1.807) is 0 Å². The maximum atomic E-state index is 5.85. The van der Waals surface area contributed by atoms with Crippen LogP contribution in [0.15, 0.2) is 0 Å². The molecule has 5 rings (SSSR count). The van der Waals surface area contributed by atoms with E-state index < -0.39 is 0 Å². The fraction of sp³-hybridized carbons (Fsp3) is 1.00. The Labute approximate surface area is 64.9 Å². The van der Waals surface area contributed by atoms with E-state index in [2.05, 4.69) is 0 Å². The molecule has 5 aliphatic rings. The van der Waals surface area contributed by atoms with Gasteiger partial charge in [0.25, 0.3) is 0 Å². The van der Waals surface area contributed by atoms with Crippen LogP contribution in [-0.2, 0) is 9.47 Å². The van der Waals surface area contributed by atoms with Crippen molar-refractivity contribution in [3.05, 3.63) is 0 Å². The molecular formula is C9H10O2. The molecule has 1 spiro atoms. The van der Waals surface area contributed by atoms with Crippen LogP contribution in [0.1, 0.15) is 6.42 Å². The summed E-state index contributed by atoms with van der Waals surface area (Å²) in [5.74, 6) is 2.87. The van der Waals surface area contributed by atoms with Crippen LogP contribution in [0, 0.1) is 23.2 Å². The standard InChI is InChI=1S/C9H10O2/c1-2-10-6-5-7(6)11-8-4-3(1)9(4,5)8/h3-8H,1-2H2. The third-order valence-electron chi connectivity index (χ3n) is 4.76. The Kier molecular flexibility index (Phi) is 0.444. The molecule has 7 unspecified atom stereocenters. The minimum absolute atomic E-state index is 0.531. The van der Waals surface area contributed by atoms with Crippen LogP contribution >= 0.6 is 0 Å². The van der Waals surface area contributed by atoms with Crippen LogP contribution in [0.2, 0.25) is 0 Å². The van der Waals surface area contributed by atoms with Crippen LogP contribution in [0.25, 0.3) is 0 Å². The first-order valence-corrected chi connectivity index (χ1v) is 4.73. The molecule has 3 saturated carbocycles. The van der Waals surface area contributed by atoms with E-state index in [9.17, 15) is 0 Å². The van der Waals surface area contributed by atoms with Crippen molar-refractivity contribution in [3.8, 4) is 0 Å². The summed E-state index contributed by atoms with van der Waals surface area (Å²) in [5.41, 5.74) is 0.714. The van der Waals surface area contributed by atoms with Crippen LogP contribution in [0.5, 0.6) is 0 Å². The number of fused-ring (bicyclic) bond motifs is 3. The quantitative estimate of drug-likeness (QED) is 0.498. The lowest BCUT2D eigenvalue weighted by Crippen LogP contribution is -2.15. The molecule has 2 heteroatoms. The van der Waals surface area contributed by atoms with Gasteiger partial charge in [-0.15, -0.1) is 0 Å². The van der Waals surface area contributed by atoms with Gasteiger partial charge in [0.05, 0.1) is 18.3 Å². The fourth-order valence-electron chi connectivity index (χ4n) is 4.24. The first-order valence-electron chi connectivity index (χ1n) is 4.73. The predicted molar refractivity (Wildman–Crippen MR) is 35.9 cm³/mol. The fourth-order valence-corrected chi connectivity index (χ4v) is 4.24. The average Bonchev–Trinajstić information content (AvgIpc) is 2.86. The lowest BCUT2D eigenvalue weighted by atomic mass is 9.98. The molecule has 2 aliphatic heterocycles. The molecule has 3 aliphatic carbocycles. The smallest absolute Gasteiger partial charge is 0.0905 e. The van der Waals surface area contributed by atoms with Gasteiger partial charge in [-0.1, -0.05) is 0 Å². The Hall–Kier alpha value is -0.0800. The molecule has 0 bridgehead atoms. The lowest BCUT2D eigenvalue weighted by Gasteiger charge is -2.10. The van der Waals surface area contributed by atoms with Crippen LogP contribution in [0.4, 0.5) is 0 Å². The third-order valence-corrected chi connectivity index (χ3v) is 4.76. The summed E-state index contributed by atoms with van der Waals surface area (Å²) < 4.78 is 11.5.